The van der Waals surface area contributed by atoms with Crippen LogP contribution in [0.4, 0.5) is 0 Å². The van der Waals surface area contributed by atoms with Crippen molar-refractivity contribution >= 4 is 15.7 Å². The Labute approximate surface area is 134 Å². The zero-order valence-electron chi connectivity index (χ0n) is 13.7. The molecule has 5 heteroatoms. The lowest BCUT2D eigenvalue weighted by molar-refractivity contribution is 0.379. The van der Waals surface area contributed by atoms with E-state index in [4.69, 9.17) is 0 Å². The lowest BCUT2D eigenvalue weighted by atomic mass is 9.78. The standard InChI is InChI=1S/C17H26N2O2S/c1-4-14(3)16-7-5-6-8-17(16)18-19-22(20,21)15-11-9-13(2)10-12-15/h9-12,14,16,19H,4-8H2,1-3H3/b18-17-. The van der Waals surface area contributed by atoms with Crippen molar-refractivity contribution in [1.29, 1.82) is 0 Å². The molecular formula is C17H26N2O2S. The molecule has 22 heavy (non-hydrogen) atoms. The average Bonchev–Trinajstić information content (AvgIpc) is 2.53. The predicted molar refractivity (Wildman–Crippen MR) is 90.3 cm³/mol. The van der Waals surface area contributed by atoms with Crippen LogP contribution in [0.3, 0.4) is 0 Å². The fourth-order valence-electron chi connectivity index (χ4n) is 2.95. The summed E-state index contributed by atoms with van der Waals surface area (Å²) in [5.41, 5.74) is 2.05. The van der Waals surface area contributed by atoms with Crippen LogP contribution in [0.1, 0.15) is 51.5 Å². The summed E-state index contributed by atoms with van der Waals surface area (Å²) in [6, 6.07) is 6.82. The van der Waals surface area contributed by atoms with Crippen molar-refractivity contribution < 1.29 is 8.42 Å². The number of benzene rings is 1. The van der Waals surface area contributed by atoms with E-state index in [1.807, 2.05) is 6.92 Å². The monoisotopic (exact) mass is 322 g/mol. The molecule has 2 rings (SSSR count). The second-order valence-electron chi connectivity index (χ2n) is 6.25. The number of hydrogen-bond donors (Lipinski definition) is 1. The Morgan fingerprint density at radius 1 is 1.27 bits per heavy atom. The van der Waals surface area contributed by atoms with Crippen LogP contribution in [0, 0.1) is 18.8 Å². The molecule has 1 N–H and O–H groups in total. The zero-order chi connectivity index (χ0) is 16.2. The highest BCUT2D eigenvalue weighted by atomic mass is 32.2. The topological polar surface area (TPSA) is 58.5 Å². The first-order valence-electron chi connectivity index (χ1n) is 8.09. The Hall–Kier alpha value is -1.36. The second kappa shape index (κ2) is 7.27. The van der Waals surface area contributed by atoms with E-state index < -0.39 is 10.0 Å². The molecule has 122 valence electrons. The lowest BCUT2D eigenvalue weighted by Gasteiger charge is -2.28. The molecule has 0 heterocycles. The second-order valence-corrected chi connectivity index (χ2v) is 7.91. The number of aryl methyl sites for hydroxylation is 1. The van der Waals surface area contributed by atoms with Gasteiger partial charge in [-0.2, -0.15) is 13.5 Å². The molecular weight excluding hydrogens is 296 g/mol. The summed E-state index contributed by atoms with van der Waals surface area (Å²) in [5.74, 6) is 0.947. The van der Waals surface area contributed by atoms with Crippen LogP contribution in [-0.2, 0) is 10.0 Å². The van der Waals surface area contributed by atoms with E-state index in [0.717, 1.165) is 37.0 Å². The van der Waals surface area contributed by atoms with E-state index in [9.17, 15) is 8.42 Å². The molecule has 0 amide bonds. The fourth-order valence-corrected chi connectivity index (χ4v) is 3.78. The lowest BCUT2D eigenvalue weighted by Crippen LogP contribution is -2.29. The van der Waals surface area contributed by atoms with Crippen molar-refractivity contribution in [2.24, 2.45) is 16.9 Å². The molecule has 0 aliphatic heterocycles. The van der Waals surface area contributed by atoms with Crippen LogP contribution in [-0.4, -0.2) is 14.1 Å². The third-order valence-electron chi connectivity index (χ3n) is 4.60. The van der Waals surface area contributed by atoms with Crippen molar-refractivity contribution in [1.82, 2.24) is 4.83 Å². The Bertz CT molecular complexity index is 621. The van der Waals surface area contributed by atoms with Crippen LogP contribution in [0.2, 0.25) is 0 Å². The van der Waals surface area contributed by atoms with Gasteiger partial charge < -0.3 is 0 Å². The Morgan fingerprint density at radius 2 is 1.95 bits per heavy atom. The minimum absolute atomic E-state index is 0.262. The number of nitrogens with one attached hydrogen (secondary N) is 1. The fraction of sp³-hybridized carbons (Fsp3) is 0.588. The van der Waals surface area contributed by atoms with Crippen LogP contribution in [0.15, 0.2) is 34.3 Å². The van der Waals surface area contributed by atoms with Crippen LogP contribution in [0.5, 0.6) is 0 Å². The van der Waals surface area contributed by atoms with E-state index in [1.165, 1.54) is 6.42 Å². The first kappa shape index (κ1) is 17.0. The molecule has 1 aliphatic rings. The van der Waals surface area contributed by atoms with Gasteiger partial charge in [0.1, 0.15) is 0 Å². The van der Waals surface area contributed by atoms with Crippen molar-refractivity contribution in [3.05, 3.63) is 29.8 Å². The molecule has 2 atom stereocenters. The van der Waals surface area contributed by atoms with Gasteiger partial charge in [0.25, 0.3) is 10.0 Å². The summed E-state index contributed by atoms with van der Waals surface area (Å²) in [4.78, 5) is 2.70. The van der Waals surface area contributed by atoms with E-state index >= 15 is 0 Å². The average molecular weight is 322 g/mol. The third kappa shape index (κ3) is 4.09. The van der Waals surface area contributed by atoms with Gasteiger partial charge in [0, 0.05) is 11.6 Å². The molecule has 1 fully saturated rings. The SMILES string of the molecule is CCC(C)C1CCCC/C1=N/NS(=O)(=O)c1ccc(C)cc1. The summed E-state index contributed by atoms with van der Waals surface area (Å²) in [6.45, 7) is 6.33. The number of hydrogen-bond acceptors (Lipinski definition) is 3. The van der Waals surface area contributed by atoms with Crippen molar-refractivity contribution in [3.63, 3.8) is 0 Å². The smallest absolute Gasteiger partial charge is 0.200 e. The molecule has 0 bridgehead atoms. The summed E-state index contributed by atoms with van der Waals surface area (Å²) in [7, 11) is -3.57. The molecule has 0 radical (unpaired) electrons. The molecule has 0 saturated heterocycles. The van der Waals surface area contributed by atoms with Gasteiger partial charge in [-0.05, 0) is 44.2 Å². The first-order valence-corrected chi connectivity index (χ1v) is 9.57. The zero-order valence-corrected chi connectivity index (χ0v) is 14.5. The highest BCUT2D eigenvalue weighted by molar-refractivity contribution is 7.89. The van der Waals surface area contributed by atoms with Crippen LogP contribution in [0.25, 0.3) is 0 Å². The number of sulfonamides is 1. The largest absolute Gasteiger partial charge is 0.276 e. The van der Waals surface area contributed by atoms with Crippen molar-refractivity contribution in [3.8, 4) is 0 Å². The van der Waals surface area contributed by atoms with Gasteiger partial charge in [-0.25, -0.2) is 4.83 Å². The van der Waals surface area contributed by atoms with Gasteiger partial charge in [0.2, 0.25) is 0 Å². The van der Waals surface area contributed by atoms with Gasteiger partial charge in [-0.15, -0.1) is 0 Å². The van der Waals surface area contributed by atoms with Crippen LogP contribution < -0.4 is 4.83 Å². The molecule has 2 unspecified atom stereocenters. The Kier molecular flexibility index (Phi) is 5.62. The van der Waals surface area contributed by atoms with Gasteiger partial charge in [0.15, 0.2) is 0 Å². The molecule has 1 saturated carbocycles. The quantitative estimate of drug-likeness (QED) is 0.837. The molecule has 0 spiro atoms. The van der Waals surface area contributed by atoms with Crippen molar-refractivity contribution in [2.75, 3.05) is 0 Å². The van der Waals surface area contributed by atoms with Crippen LogP contribution >= 0.6 is 0 Å². The minimum atomic E-state index is -3.57. The Morgan fingerprint density at radius 3 is 2.59 bits per heavy atom. The highest BCUT2D eigenvalue weighted by Crippen LogP contribution is 2.29. The van der Waals surface area contributed by atoms with Gasteiger partial charge in [0.05, 0.1) is 4.90 Å². The molecule has 1 aromatic carbocycles. The third-order valence-corrected chi connectivity index (χ3v) is 5.82. The van der Waals surface area contributed by atoms with E-state index in [1.54, 1.807) is 24.3 Å². The normalized spacial score (nSPS) is 22.5. The first-order chi connectivity index (χ1) is 10.4. The van der Waals surface area contributed by atoms with Gasteiger partial charge in [-0.3, -0.25) is 0 Å². The van der Waals surface area contributed by atoms with E-state index in [-0.39, 0.29) is 4.90 Å². The highest BCUT2D eigenvalue weighted by Gasteiger charge is 2.25. The molecule has 4 nitrogen and oxygen atoms in total. The van der Waals surface area contributed by atoms with E-state index in [0.29, 0.717) is 11.8 Å². The summed E-state index contributed by atoms with van der Waals surface area (Å²) >= 11 is 0. The Balaban J connectivity index is 2.16. The summed E-state index contributed by atoms with van der Waals surface area (Å²) in [6.07, 6.45) is 5.40. The van der Waals surface area contributed by atoms with Gasteiger partial charge >= 0.3 is 0 Å². The summed E-state index contributed by atoms with van der Waals surface area (Å²) < 4.78 is 24.6. The molecule has 1 aromatic rings. The van der Waals surface area contributed by atoms with Gasteiger partial charge in [-0.1, -0.05) is 44.4 Å². The van der Waals surface area contributed by atoms with E-state index in [2.05, 4.69) is 23.8 Å². The number of rotatable bonds is 5. The maximum absolute atomic E-state index is 12.3. The maximum atomic E-state index is 12.3. The summed E-state index contributed by atoms with van der Waals surface area (Å²) in [5, 5.41) is 4.28. The number of hydrazone groups is 1. The van der Waals surface area contributed by atoms with Crippen molar-refractivity contribution in [2.45, 2.75) is 57.8 Å². The molecule has 1 aliphatic carbocycles. The maximum Gasteiger partial charge on any atom is 0.276 e. The minimum Gasteiger partial charge on any atom is -0.200 e. The molecule has 0 aromatic heterocycles. The predicted octanol–water partition coefficient (Wildman–Crippen LogP) is 3.87. The number of nitrogens with zero attached hydrogens (tertiary/aromatic N) is 1.